The van der Waals surface area contributed by atoms with E-state index in [0.717, 1.165) is 12.0 Å². The Morgan fingerprint density at radius 2 is 1.71 bits per heavy atom. The van der Waals surface area contributed by atoms with Gasteiger partial charge in [0.2, 0.25) is 0 Å². The van der Waals surface area contributed by atoms with Gasteiger partial charge in [-0.25, -0.2) is 4.39 Å². The molecule has 1 aromatic rings. The van der Waals surface area contributed by atoms with Crippen LogP contribution in [0.25, 0.3) is 0 Å². The molecule has 0 atom stereocenters. The molecule has 1 fully saturated rings. The van der Waals surface area contributed by atoms with Crippen molar-refractivity contribution in [1.29, 1.82) is 0 Å². The summed E-state index contributed by atoms with van der Waals surface area (Å²) in [5.41, 5.74) is 0. The lowest BCUT2D eigenvalue weighted by Crippen LogP contribution is -2.24. The fourth-order valence-corrected chi connectivity index (χ4v) is 4.98. The highest BCUT2D eigenvalue weighted by molar-refractivity contribution is 6.53. The number of unbranched alkanes of at least 4 members (excludes halogenated alkanes) is 2. The van der Waals surface area contributed by atoms with E-state index in [-0.39, 0.29) is 5.75 Å². The van der Waals surface area contributed by atoms with Gasteiger partial charge >= 0.3 is 0 Å². The molecule has 0 aromatic heterocycles. The van der Waals surface area contributed by atoms with Crippen LogP contribution in [0.15, 0.2) is 12.1 Å². The summed E-state index contributed by atoms with van der Waals surface area (Å²) in [7, 11) is 0.352. The summed E-state index contributed by atoms with van der Waals surface area (Å²) >= 11 is 0. The van der Waals surface area contributed by atoms with Crippen molar-refractivity contribution in [3.05, 3.63) is 23.8 Å². The number of rotatable bonds is 9. The summed E-state index contributed by atoms with van der Waals surface area (Å²) in [6, 6.07) is 4.25. The van der Waals surface area contributed by atoms with Crippen LogP contribution in [-0.2, 0) is 0 Å². The monoisotopic (exact) mass is 352 g/mol. The zero-order chi connectivity index (χ0) is 17.4. The summed E-state index contributed by atoms with van der Waals surface area (Å²) in [6.07, 6.45) is 10.5. The summed E-state index contributed by atoms with van der Waals surface area (Å²) in [5.74, 6) is 0.0562. The minimum atomic E-state index is -0.832. The molecule has 2 radical (unpaired) electrons. The summed E-state index contributed by atoms with van der Waals surface area (Å²) in [6.45, 7) is 4.37. The fourth-order valence-electron chi connectivity index (χ4n) is 3.60. The lowest BCUT2D eigenvalue weighted by atomic mass is 9.80. The average molecular weight is 353 g/mol. The Kier molecular flexibility index (Phi) is 8.23. The fraction of sp³-hybridized carbons (Fsp3) is 0.700. The molecule has 1 aliphatic carbocycles. The first-order valence-corrected chi connectivity index (χ1v) is 10.7. The minimum absolute atomic E-state index is 0.0242. The first-order valence-electron chi connectivity index (χ1n) is 9.50. The zero-order valence-corrected chi connectivity index (χ0v) is 16.0. The van der Waals surface area contributed by atoms with Crippen molar-refractivity contribution in [2.24, 2.45) is 11.8 Å². The van der Waals surface area contributed by atoms with Crippen LogP contribution in [0.1, 0.15) is 65.2 Å². The average Bonchev–Trinajstić information content (AvgIpc) is 2.60. The van der Waals surface area contributed by atoms with Crippen molar-refractivity contribution < 1.29 is 13.5 Å². The predicted molar refractivity (Wildman–Crippen MR) is 97.3 cm³/mol. The maximum absolute atomic E-state index is 14.1. The molecule has 1 aromatic carbocycles. The molecule has 134 valence electrons. The van der Waals surface area contributed by atoms with Crippen LogP contribution in [0.5, 0.6) is 5.75 Å². The predicted octanol–water partition coefficient (Wildman–Crippen LogP) is 5.50. The summed E-state index contributed by atoms with van der Waals surface area (Å²) in [4.78, 5) is 0. The highest BCUT2D eigenvalue weighted by atomic mass is 28.2. The third-order valence-corrected chi connectivity index (χ3v) is 6.66. The SMILES string of the molecule is CCCCCC1CCC(C[Si]c2ccc(OCC)c(F)c2F)CC1. The highest BCUT2D eigenvalue weighted by Gasteiger charge is 2.22. The Morgan fingerprint density at radius 3 is 2.38 bits per heavy atom. The van der Waals surface area contributed by atoms with E-state index >= 15 is 0 Å². The van der Waals surface area contributed by atoms with Crippen LogP contribution in [0.2, 0.25) is 6.04 Å². The van der Waals surface area contributed by atoms with Gasteiger partial charge in [0.25, 0.3) is 0 Å². The standard InChI is InChI=1S/C20H30F2OSi/c1-3-5-6-7-15-8-10-16(11-9-15)14-24-18-13-12-17(23-4-2)19(21)20(18)22/h12-13,15-16H,3-11,14H2,1-2H3. The summed E-state index contributed by atoms with van der Waals surface area (Å²) < 4.78 is 33.2. The Morgan fingerprint density at radius 1 is 1.00 bits per heavy atom. The van der Waals surface area contributed by atoms with Gasteiger partial charge in [-0.05, 0) is 30.0 Å². The normalized spacial score (nSPS) is 21.0. The van der Waals surface area contributed by atoms with Crippen molar-refractivity contribution in [2.75, 3.05) is 6.61 Å². The molecule has 1 aliphatic rings. The molecule has 0 N–H and O–H groups in total. The lowest BCUT2D eigenvalue weighted by Gasteiger charge is -2.28. The summed E-state index contributed by atoms with van der Waals surface area (Å²) in [5, 5.41) is 0.515. The molecule has 2 rings (SSSR count). The van der Waals surface area contributed by atoms with Crippen molar-refractivity contribution in [3.8, 4) is 5.75 Å². The molecule has 0 aliphatic heterocycles. The van der Waals surface area contributed by atoms with E-state index in [1.54, 1.807) is 19.1 Å². The molecule has 4 heteroatoms. The van der Waals surface area contributed by atoms with Gasteiger partial charge in [-0.15, -0.1) is 0 Å². The molecule has 0 amide bonds. The lowest BCUT2D eigenvalue weighted by molar-refractivity contribution is 0.272. The molecule has 0 unspecified atom stereocenters. The molecule has 1 nitrogen and oxygen atoms in total. The van der Waals surface area contributed by atoms with Crippen LogP contribution in [0.3, 0.4) is 0 Å². The van der Waals surface area contributed by atoms with E-state index in [1.165, 1.54) is 51.4 Å². The number of halogens is 2. The molecule has 0 saturated heterocycles. The van der Waals surface area contributed by atoms with Crippen molar-refractivity contribution >= 4 is 14.7 Å². The van der Waals surface area contributed by atoms with Gasteiger partial charge in [0.1, 0.15) is 0 Å². The van der Waals surface area contributed by atoms with E-state index in [1.807, 2.05) is 0 Å². The van der Waals surface area contributed by atoms with Crippen LogP contribution in [0.4, 0.5) is 8.78 Å². The van der Waals surface area contributed by atoms with Gasteiger partial charge < -0.3 is 4.74 Å². The topological polar surface area (TPSA) is 9.23 Å². The molecule has 0 heterocycles. The second-order valence-electron chi connectivity index (χ2n) is 6.94. The smallest absolute Gasteiger partial charge is 0.200 e. The largest absolute Gasteiger partial charge is 0.491 e. The van der Waals surface area contributed by atoms with Crippen LogP contribution in [-0.4, -0.2) is 16.1 Å². The molecular weight excluding hydrogens is 322 g/mol. The van der Waals surface area contributed by atoms with Crippen LogP contribution >= 0.6 is 0 Å². The molecule has 1 saturated carbocycles. The van der Waals surface area contributed by atoms with Gasteiger partial charge in [0.15, 0.2) is 17.4 Å². The van der Waals surface area contributed by atoms with E-state index in [0.29, 0.717) is 27.2 Å². The highest BCUT2D eigenvalue weighted by Crippen LogP contribution is 2.33. The first-order chi connectivity index (χ1) is 11.7. The Bertz CT molecular complexity index is 499. The molecule has 0 spiro atoms. The number of ether oxygens (including phenoxy) is 1. The van der Waals surface area contributed by atoms with Gasteiger partial charge in [0, 0.05) is 0 Å². The number of hydrogen-bond donors (Lipinski definition) is 0. The van der Waals surface area contributed by atoms with Crippen molar-refractivity contribution in [2.45, 2.75) is 71.3 Å². The van der Waals surface area contributed by atoms with E-state index in [9.17, 15) is 8.78 Å². The number of hydrogen-bond acceptors (Lipinski definition) is 1. The molecule has 0 bridgehead atoms. The Balaban J connectivity index is 1.77. The van der Waals surface area contributed by atoms with Crippen LogP contribution < -0.4 is 9.92 Å². The Hall–Kier alpha value is -0.903. The maximum atomic E-state index is 14.1. The molecular formula is C20H30F2OSi. The van der Waals surface area contributed by atoms with Crippen molar-refractivity contribution in [1.82, 2.24) is 0 Å². The second kappa shape index (κ2) is 10.2. The van der Waals surface area contributed by atoms with E-state index < -0.39 is 11.6 Å². The maximum Gasteiger partial charge on any atom is 0.200 e. The third kappa shape index (κ3) is 5.57. The molecule has 24 heavy (non-hydrogen) atoms. The zero-order valence-electron chi connectivity index (χ0n) is 15.0. The first kappa shape index (κ1) is 19.4. The van der Waals surface area contributed by atoms with Gasteiger partial charge in [-0.1, -0.05) is 70.4 Å². The van der Waals surface area contributed by atoms with E-state index in [4.69, 9.17) is 4.74 Å². The number of benzene rings is 1. The third-order valence-electron chi connectivity index (χ3n) is 5.11. The van der Waals surface area contributed by atoms with Crippen molar-refractivity contribution in [3.63, 3.8) is 0 Å². The second-order valence-corrected chi connectivity index (χ2v) is 8.24. The van der Waals surface area contributed by atoms with Gasteiger partial charge in [-0.3, -0.25) is 0 Å². The van der Waals surface area contributed by atoms with Crippen LogP contribution in [0, 0.1) is 23.5 Å². The van der Waals surface area contributed by atoms with E-state index in [2.05, 4.69) is 6.92 Å². The van der Waals surface area contributed by atoms with Gasteiger partial charge in [0.05, 0.1) is 16.1 Å². The Labute approximate surface area is 148 Å². The quantitative estimate of drug-likeness (QED) is 0.421. The van der Waals surface area contributed by atoms with Gasteiger partial charge in [-0.2, -0.15) is 4.39 Å². The minimum Gasteiger partial charge on any atom is -0.491 e.